The maximum atomic E-state index is 12.6. The van der Waals surface area contributed by atoms with Crippen LogP contribution in [0.15, 0.2) is 54.1 Å². The summed E-state index contributed by atoms with van der Waals surface area (Å²) in [5.41, 5.74) is 1.91. The Kier molecular flexibility index (Phi) is 7.29. The van der Waals surface area contributed by atoms with Crippen molar-refractivity contribution < 1.29 is 24.5 Å². The molecule has 0 aromatic heterocycles. The van der Waals surface area contributed by atoms with E-state index in [1.54, 1.807) is 12.1 Å². The minimum atomic E-state index is -0.921. The zero-order valence-electron chi connectivity index (χ0n) is 19.5. The number of allylic oxidation sites excluding steroid dienone is 1. The number of rotatable bonds is 7. The number of aliphatic carboxylic acids is 1. The Morgan fingerprint density at radius 1 is 1.22 bits per heavy atom. The van der Waals surface area contributed by atoms with Crippen molar-refractivity contribution in [2.75, 3.05) is 6.61 Å². The predicted molar refractivity (Wildman–Crippen MR) is 124 cm³/mol. The van der Waals surface area contributed by atoms with Crippen LogP contribution in [0, 0.1) is 22.7 Å². The number of benzene rings is 1. The molecule has 174 valence electrons. The van der Waals surface area contributed by atoms with Gasteiger partial charge in [-0.1, -0.05) is 56.2 Å². The molecule has 3 rings (SSSR count). The van der Waals surface area contributed by atoms with Crippen molar-refractivity contribution >= 4 is 11.9 Å². The Hall–Kier alpha value is -2.40. The molecule has 0 radical (unpaired) electrons. The first-order chi connectivity index (χ1) is 15.1. The van der Waals surface area contributed by atoms with Crippen LogP contribution in [0.2, 0.25) is 0 Å². The van der Waals surface area contributed by atoms with Gasteiger partial charge in [-0.15, -0.1) is 0 Å². The van der Waals surface area contributed by atoms with E-state index in [4.69, 9.17) is 9.84 Å². The smallest absolute Gasteiger partial charge is 0.338 e. The highest BCUT2D eigenvalue weighted by Gasteiger charge is 2.58. The molecule has 0 spiro atoms. The molecule has 0 heterocycles. The minimum absolute atomic E-state index is 0.0217. The van der Waals surface area contributed by atoms with Crippen LogP contribution in [0.5, 0.6) is 0 Å². The lowest BCUT2D eigenvalue weighted by molar-refractivity contribution is -0.143. The van der Waals surface area contributed by atoms with E-state index in [1.165, 1.54) is 6.08 Å². The molecule has 5 atom stereocenters. The van der Waals surface area contributed by atoms with Gasteiger partial charge in [0.2, 0.25) is 0 Å². The van der Waals surface area contributed by atoms with Crippen LogP contribution < -0.4 is 0 Å². The number of aliphatic hydroxyl groups excluding tert-OH is 1. The number of carboxylic acid groups (broad SMARTS) is 1. The molecule has 2 fully saturated rings. The molecule has 0 bridgehead atoms. The monoisotopic (exact) mass is 440 g/mol. The average molecular weight is 441 g/mol. The van der Waals surface area contributed by atoms with Gasteiger partial charge in [-0.25, -0.2) is 9.59 Å². The highest BCUT2D eigenvalue weighted by atomic mass is 16.5. The first kappa shape index (κ1) is 24.2. The maximum Gasteiger partial charge on any atom is 0.338 e. The van der Waals surface area contributed by atoms with Crippen molar-refractivity contribution in [3.63, 3.8) is 0 Å². The average Bonchev–Trinajstić information content (AvgIpc) is 2.71. The topological polar surface area (TPSA) is 83.8 Å². The number of esters is 1. The summed E-state index contributed by atoms with van der Waals surface area (Å²) in [6, 6.07) is 9.00. The fourth-order valence-electron chi connectivity index (χ4n) is 6.51. The van der Waals surface area contributed by atoms with E-state index < -0.39 is 12.1 Å². The second-order valence-electron chi connectivity index (χ2n) is 10.3. The number of fused-ring (bicyclic) bond motifs is 1. The summed E-state index contributed by atoms with van der Waals surface area (Å²) in [6.45, 7) is 10.8. The van der Waals surface area contributed by atoms with E-state index in [0.717, 1.165) is 36.8 Å². The third-order valence-electron chi connectivity index (χ3n) is 7.81. The first-order valence-electron chi connectivity index (χ1n) is 11.5. The van der Waals surface area contributed by atoms with Gasteiger partial charge in [-0.05, 0) is 68.4 Å². The van der Waals surface area contributed by atoms with Crippen LogP contribution in [-0.2, 0) is 9.53 Å². The van der Waals surface area contributed by atoms with Crippen LogP contribution in [0.4, 0.5) is 0 Å². The molecule has 0 unspecified atom stereocenters. The standard InChI is InChI=1S/C27H36O5/c1-18(15-23(29)30)11-12-21-19(2)16-22(28)24-26(3,13-8-14-27(21,24)4)17-32-25(31)20-9-6-5-7-10-20/h5-7,9-10,15,21-22,24,28H,2,8,11-14,16-17H2,1,3-4H3,(H,29,30)/t21-,22+,24-,26+,27+/m0/s1. The van der Waals surface area contributed by atoms with Crippen LogP contribution in [-0.4, -0.2) is 34.9 Å². The van der Waals surface area contributed by atoms with Crippen molar-refractivity contribution in [3.8, 4) is 0 Å². The largest absolute Gasteiger partial charge is 0.478 e. The molecule has 2 saturated carbocycles. The molecule has 5 nitrogen and oxygen atoms in total. The van der Waals surface area contributed by atoms with Crippen molar-refractivity contribution in [3.05, 3.63) is 59.7 Å². The minimum Gasteiger partial charge on any atom is -0.478 e. The Balaban J connectivity index is 1.80. The lowest BCUT2D eigenvalue weighted by atomic mass is 9.46. The van der Waals surface area contributed by atoms with Crippen LogP contribution in [0.25, 0.3) is 0 Å². The van der Waals surface area contributed by atoms with Gasteiger partial charge in [-0.3, -0.25) is 0 Å². The first-order valence-corrected chi connectivity index (χ1v) is 11.5. The number of carbonyl (C=O) groups excluding carboxylic acids is 1. The lowest BCUT2D eigenvalue weighted by Gasteiger charge is -2.60. The second-order valence-corrected chi connectivity index (χ2v) is 10.3. The van der Waals surface area contributed by atoms with Gasteiger partial charge in [0.1, 0.15) is 0 Å². The zero-order chi connectivity index (χ0) is 23.5. The fraction of sp³-hybridized carbons (Fsp3) is 0.556. The number of ether oxygens (including phenoxy) is 1. The Morgan fingerprint density at radius 3 is 2.56 bits per heavy atom. The molecule has 1 aromatic rings. The highest BCUT2D eigenvalue weighted by molar-refractivity contribution is 5.89. The summed E-state index contributed by atoms with van der Waals surface area (Å²) in [5.74, 6) is -1.08. The van der Waals surface area contributed by atoms with Crippen LogP contribution in [0.3, 0.4) is 0 Å². The summed E-state index contributed by atoms with van der Waals surface area (Å²) in [4.78, 5) is 23.6. The van der Waals surface area contributed by atoms with E-state index in [0.29, 0.717) is 18.4 Å². The van der Waals surface area contributed by atoms with Crippen LogP contribution >= 0.6 is 0 Å². The van der Waals surface area contributed by atoms with Gasteiger partial charge in [0.05, 0.1) is 18.3 Å². The Morgan fingerprint density at radius 2 is 1.91 bits per heavy atom. The molecule has 0 saturated heterocycles. The van der Waals surface area contributed by atoms with Crippen molar-refractivity contribution in [1.82, 2.24) is 0 Å². The number of hydrogen-bond acceptors (Lipinski definition) is 4. The summed E-state index contributed by atoms with van der Waals surface area (Å²) >= 11 is 0. The number of carbonyl (C=O) groups is 2. The molecule has 0 amide bonds. The molecule has 2 aliphatic rings. The Labute approximate surface area is 191 Å². The lowest BCUT2D eigenvalue weighted by Crippen LogP contribution is -2.57. The van der Waals surface area contributed by atoms with Crippen LogP contribution in [0.1, 0.15) is 69.7 Å². The maximum absolute atomic E-state index is 12.6. The molecular weight excluding hydrogens is 404 g/mol. The summed E-state index contributed by atoms with van der Waals surface area (Å²) < 4.78 is 5.77. The predicted octanol–water partition coefficient (Wildman–Crippen LogP) is 5.40. The van der Waals surface area contributed by atoms with Gasteiger partial charge in [0.25, 0.3) is 0 Å². The van der Waals surface area contributed by atoms with Gasteiger partial charge in [-0.2, -0.15) is 0 Å². The number of hydrogen-bond donors (Lipinski definition) is 2. The Bertz CT molecular complexity index is 889. The highest BCUT2D eigenvalue weighted by Crippen LogP contribution is 2.62. The molecule has 2 N–H and O–H groups in total. The third-order valence-corrected chi connectivity index (χ3v) is 7.81. The zero-order valence-corrected chi connectivity index (χ0v) is 19.5. The van der Waals surface area contributed by atoms with E-state index in [1.807, 2.05) is 25.1 Å². The quantitative estimate of drug-likeness (QED) is 0.337. The molecule has 0 aliphatic heterocycles. The molecule has 2 aliphatic carbocycles. The van der Waals surface area contributed by atoms with E-state index in [9.17, 15) is 14.7 Å². The van der Waals surface area contributed by atoms with Crippen molar-refractivity contribution in [2.45, 2.75) is 65.4 Å². The SMILES string of the molecule is C=C1C[C@@H](O)[C@H]2[C@@](C)(COC(=O)c3ccccc3)CCC[C@]2(C)[C@H]1CCC(C)=CC(=O)O. The molecular formula is C27H36O5. The molecule has 32 heavy (non-hydrogen) atoms. The summed E-state index contributed by atoms with van der Waals surface area (Å²) in [5, 5.41) is 20.2. The van der Waals surface area contributed by atoms with Gasteiger partial charge in [0, 0.05) is 11.5 Å². The molecule has 5 heteroatoms. The second kappa shape index (κ2) is 9.62. The molecule has 1 aromatic carbocycles. The van der Waals surface area contributed by atoms with E-state index in [-0.39, 0.29) is 35.2 Å². The summed E-state index contributed by atoms with van der Waals surface area (Å²) in [7, 11) is 0. The van der Waals surface area contributed by atoms with Crippen molar-refractivity contribution in [1.29, 1.82) is 0 Å². The summed E-state index contributed by atoms with van der Waals surface area (Å²) in [6.07, 6.45) is 5.64. The van der Waals surface area contributed by atoms with Crippen molar-refractivity contribution in [2.24, 2.45) is 22.7 Å². The number of aliphatic hydroxyl groups is 1. The van der Waals surface area contributed by atoms with E-state index in [2.05, 4.69) is 20.4 Å². The fourth-order valence-corrected chi connectivity index (χ4v) is 6.51. The van der Waals surface area contributed by atoms with E-state index >= 15 is 0 Å². The van der Waals surface area contributed by atoms with Gasteiger partial charge < -0.3 is 14.9 Å². The third kappa shape index (κ3) is 4.98. The number of carboxylic acids is 1. The normalized spacial score (nSPS) is 32.8. The van der Waals surface area contributed by atoms with Gasteiger partial charge in [0.15, 0.2) is 0 Å². The van der Waals surface area contributed by atoms with Gasteiger partial charge >= 0.3 is 11.9 Å².